The molecule has 0 radical (unpaired) electrons. The zero-order chi connectivity index (χ0) is 16.7. The third-order valence-corrected chi connectivity index (χ3v) is 6.35. The lowest BCUT2D eigenvalue weighted by Gasteiger charge is -2.43. The van der Waals surface area contributed by atoms with E-state index in [0.717, 1.165) is 25.0 Å². The van der Waals surface area contributed by atoms with Gasteiger partial charge in [-0.3, -0.25) is 20.0 Å². The zero-order valence-electron chi connectivity index (χ0n) is 13.1. The van der Waals surface area contributed by atoms with E-state index in [1.165, 1.54) is 18.6 Å². The molecule has 0 spiro atoms. The summed E-state index contributed by atoms with van der Waals surface area (Å²) in [4.78, 5) is 25.6. The number of nitro groups is 1. The Morgan fingerprint density at radius 1 is 1.38 bits per heavy atom. The molecule has 1 aromatic carbocycles. The van der Waals surface area contributed by atoms with Gasteiger partial charge in [-0.15, -0.1) is 0 Å². The third kappa shape index (κ3) is 2.54. The topological polar surface area (TPSA) is 92.1 Å². The summed E-state index contributed by atoms with van der Waals surface area (Å²) >= 11 is 1.96. The van der Waals surface area contributed by atoms with Crippen LogP contribution in [-0.4, -0.2) is 49.5 Å². The van der Waals surface area contributed by atoms with Crippen LogP contribution in [-0.2, 0) is 0 Å². The van der Waals surface area contributed by atoms with E-state index in [-0.39, 0.29) is 17.6 Å². The molecule has 1 N–H and O–H groups in total. The number of hydrogen-bond acceptors (Lipinski definition) is 5. The van der Waals surface area contributed by atoms with Gasteiger partial charge >= 0.3 is 0 Å². The SMILES string of the molecule is O=C(c1n[nH]c2ccc([N+](=O)[O-])cc12)N1CCS[C@@H]2CCCC[C@H]21. The molecule has 1 amide bonds. The number of nitrogens with one attached hydrogen (secondary N) is 1. The van der Waals surface area contributed by atoms with Crippen molar-refractivity contribution in [1.82, 2.24) is 15.1 Å². The van der Waals surface area contributed by atoms with Crippen molar-refractivity contribution >= 4 is 34.3 Å². The van der Waals surface area contributed by atoms with Gasteiger partial charge in [-0.2, -0.15) is 16.9 Å². The van der Waals surface area contributed by atoms with Crippen molar-refractivity contribution < 1.29 is 9.72 Å². The van der Waals surface area contributed by atoms with Gasteiger partial charge in [-0.1, -0.05) is 12.8 Å². The molecule has 1 saturated heterocycles. The number of fused-ring (bicyclic) bond motifs is 2. The molecule has 4 rings (SSSR count). The van der Waals surface area contributed by atoms with E-state index in [4.69, 9.17) is 0 Å². The number of rotatable bonds is 2. The Balaban J connectivity index is 1.69. The Hall–Kier alpha value is -2.09. The highest BCUT2D eigenvalue weighted by atomic mass is 32.2. The van der Waals surface area contributed by atoms with Crippen molar-refractivity contribution in [3.05, 3.63) is 34.0 Å². The second-order valence-corrected chi connectivity index (χ2v) is 7.67. The monoisotopic (exact) mass is 346 g/mol. The minimum atomic E-state index is -0.449. The molecule has 0 bridgehead atoms. The highest BCUT2D eigenvalue weighted by molar-refractivity contribution is 8.00. The maximum atomic E-state index is 13.1. The number of nitro benzene ring substituents is 1. The van der Waals surface area contributed by atoms with Crippen LogP contribution in [0.1, 0.15) is 36.2 Å². The molecule has 126 valence electrons. The van der Waals surface area contributed by atoms with Crippen LogP contribution in [0, 0.1) is 10.1 Å². The van der Waals surface area contributed by atoms with Gasteiger partial charge in [0, 0.05) is 41.1 Å². The summed E-state index contributed by atoms with van der Waals surface area (Å²) in [6.45, 7) is 0.716. The van der Waals surface area contributed by atoms with E-state index in [0.29, 0.717) is 28.4 Å². The minimum absolute atomic E-state index is 0.0253. The summed E-state index contributed by atoms with van der Waals surface area (Å²) in [5.74, 6) is 0.828. The van der Waals surface area contributed by atoms with Crippen LogP contribution in [0.15, 0.2) is 18.2 Å². The summed E-state index contributed by atoms with van der Waals surface area (Å²) < 4.78 is 0. The van der Waals surface area contributed by atoms with Gasteiger partial charge in [0.25, 0.3) is 11.6 Å². The van der Waals surface area contributed by atoms with Gasteiger partial charge in [0.15, 0.2) is 5.69 Å². The van der Waals surface area contributed by atoms with E-state index < -0.39 is 4.92 Å². The number of nitrogens with zero attached hydrogens (tertiary/aromatic N) is 3. The number of non-ortho nitro benzene ring substituents is 1. The lowest BCUT2D eigenvalue weighted by atomic mass is 9.93. The van der Waals surface area contributed by atoms with Gasteiger partial charge in [-0.25, -0.2) is 0 Å². The second kappa shape index (κ2) is 6.08. The second-order valence-electron chi connectivity index (χ2n) is 6.32. The number of carbonyl (C=O) groups is 1. The Kier molecular flexibility index (Phi) is 3.91. The van der Waals surface area contributed by atoms with E-state index in [9.17, 15) is 14.9 Å². The number of amides is 1. The summed E-state index contributed by atoms with van der Waals surface area (Å²) in [5.41, 5.74) is 0.920. The molecule has 2 aliphatic rings. The van der Waals surface area contributed by atoms with Crippen molar-refractivity contribution in [3.63, 3.8) is 0 Å². The first-order chi connectivity index (χ1) is 11.6. The summed E-state index contributed by atoms with van der Waals surface area (Å²) in [6.07, 6.45) is 4.57. The standard InChI is InChI=1S/C16H18N4O3S/c21-16(19-7-8-24-14-4-2-1-3-13(14)19)15-11-9-10(20(22)23)5-6-12(11)17-18-15/h5-6,9,13-14H,1-4,7-8H2,(H,17,18)/t13-,14-/m1/s1. The largest absolute Gasteiger partial charge is 0.332 e. The number of hydrogen-bond donors (Lipinski definition) is 1. The molecule has 0 unspecified atom stereocenters. The van der Waals surface area contributed by atoms with Crippen LogP contribution < -0.4 is 0 Å². The lowest BCUT2D eigenvalue weighted by Crippen LogP contribution is -2.51. The first-order valence-electron chi connectivity index (χ1n) is 8.20. The van der Waals surface area contributed by atoms with E-state index in [1.807, 2.05) is 16.7 Å². The zero-order valence-corrected chi connectivity index (χ0v) is 13.9. The fourth-order valence-electron chi connectivity index (χ4n) is 3.76. The Bertz CT molecular complexity index is 804. The normalized spacial score (nSPS) is 23.9. The summed E-state index contributed by atoms with van der Waals surface area (Å²) in [5, 5.41) is 19.0. The quantitative estimate of drug-likeness (QED) is 0.667. The minimum Gasteiger partial charge on any atom is -0.332 e. The highest BCUT2D eigenvalue weighted by Crippen LogP contribution is 2.36. The number of aromatic amines is 1. The van der Waals surface area contributed by atoms with Gasteiger partial charge in [0.1, 0.15) is 0 Å². The smallest absolute Gasteiger partial charge is 0.275 e. The number of aromatic nitrogens is 2. The van der Waals surface area contributed by atoms with Crippen LogP contribution in [0.5, 0.6) is 0 Å². The molecule has 2 aromatic rings. The lowest BCUT2D eigenvalue weighted by molar-refractivity contribution is -0.384. The van der Waals surface area contributed by atoms with Crippen molar-refractivity contribution in [3.8, 4) is 0 Å². The van der Waals surface area contributed by atoms with Crippen LogP contribution >= 0.6 is 11.8 Å². The third-order valence-electron chi connectivity index (χ3n) is 4.95. The molecular weight excluding hydrogens is 328 g/mol. The molecule has 1 saturated carbocycles. The molecule has 1 aliphatic heterocycles. The van der Waals surface area contributed by atoms with Crippen LogP contribution in [0.2, 0.25) is 0 Å². The van der Waals surface area contributed by atoms with Crippen molar-refractivity contribution in [2.45, 2.75) is 37.0 Å². The molecule has 8 heteroatoms. The molecule has 2 heterocycles. The van der Waals surface area contributed by atoms with Gasteiger partial charge in [0.2, 0.25) is 0 Å². The molecule has 2 fully saturated rings. The Morgan fingerprint density at radius 3 is 3.04 bits per heavy atom. The van der Waals surface area contributed by atoms with Crippen LogP contribution in [0.4, 0.5) is 5.69 Å². The van der Waals surface area contributed by atoms with E-state index >= 15 is 0 Å². The molecule has 24 heavy (non-hydrogen) atoms. The fraction of sp³-hybridized carbons (Fsp3) is 0.500. The number of thioether (sulfide) groups is 1. The average Bonchev–Trinajstić information content (AvgIpc) is 3.03. The average molecular weight is 346 g/mol. The fourth-order valence-corrected chi connectivity index (χ4v) is 5.21. The summed E-state index contributed by atoms with van der Waals surface area (Å²) in [7, 11) is 0. The van der Waals surface area contributed by atoms with Gasteiger partial charge in [-0.05, 0) is 18.9 Å². The molecule has 2 atom stereocenters. The van der Waals surface area contributed by atoms with Crippen molar-refractivity contribution in [2.75, 3.05) is 12.3 Å². The Morgan fingerprint density at radius 2 is 2.21 bits per heavy atom. The molecule has 7 nitrogen and oxygen atoms in total. The highest BCUT2D eigenvalue weighted by Gasteiger charge is 2.37. The molecule has 1 aliphatic carbocycles. The number of carbonyl (C=O) groups excluding carboxylic acids is 1. The van der Waals surface area contributed by atoms with Crippen molar-refractivity contribution in [2.24, 2.45) is 0 Å². The first-order valence-corrected chi connectivity index (χ1v) is 9.25. The number of H-pyrrole nitrogens is 1. The van der Waals surface area contributed by atoms with Crippen LogP contribution in [0.3, 0.4) is 0 Å². The van der Waals surface area contributed by atoms with E-state index in [2.05, 4.69) is 10.2 Å². The Labute approximate surface area is 142 Å². The summed E-state index contributed by atoms with van der Waals surface area (Å²) in [6, 6.07) is 4.72. The van der Waals surface area contributed by atoms with E-state index in [1.54, 1.807) is 6.07 Å². The van der Waals surface area contributed by atoms with Crippen LogP contribution in [0.25, 0.3) is 10.9 Å². The molecular formula is C16H18N4O3S. The maximum absolute atomic E-state index is 13.1. The predicted octanol–water partition coefficient (Wildman–Crippen LogP) is 2.97. The van der Waals surface area contributed by atoms with Crippen molar-refractivity contribution in [1.29, 1.82) is 0 Å². The van der Waals surface area contributed by atoms with Gasteiger partial charge in [0.05, 0.1) is 10.4 Å². The first kappa shape index (κ1) is 15.4. The maximum Gasteiger partial charge on any atom is 0.275 e. The number of benzene rings is 1. The predicted molar refractivity (Wildman–Crippen MR) is 92.3 cm³/mol. The van der Waals surface area contributed by atoms with Gasteiger partial charge < -0.3 is 4.90 Å². The molecule has 1 aromatic heterocycles.